The van der Waals surface area contributed by atoms with Crippen molar-refractivity contribution in [3.8, 4) is 124 Å². The van der Waals surface area contributed by atoms with Gasteiger partial charge in [0, 0.05) is 12.1 Å². The molecular formula is C107H82O7. The molecule has 16 aromatic carbocycles. The predicted octanol–water partition coefficient (Wildman–Crippen LogP) is 26.8. The van der Waals surface area contributed by atoms with Crippen LogP contribution in [0, 0.1) is 0 Å². The summed E-state index contributed by atoms with van der Waals surface area (Å²) in [6.45, 7) is 1.78. The van der Waals surface area contributed by atoms with Gasteiger partial charge in [-0.1, -0.05) is 279 Å². The molecular weight excluding hydrogens is 1400 g/mol. The molecule has 0 heterocycles. The van der Waals surface area contributed by atoms with E-state index in [9.17, 15) is 4.79 Å². The largest absolute Gasteiger partial charge is 0.489 e. The summed E-state index contributed by atoms with van der Waals surface area (Å²) >= 11 is 0. The molecule has 16 rings (SSSR count). The van der Waals surface area contributed by atoms with Gasteiger partial charge in [0.25, 0.3) is 0 Å². The van der Waals surface area contributed by atoms with Gasteiger partial charge in [-0.15, -0.1) is 0 Å². The fourth-order valence-electron chi connectivity index (χ4n) is 14.0. The molecule has 0 aliphatic rings. The maximum atomic E-state index is 13.4. The van der Waals surface area contributed by atoms with E-state index in [0.717, 1.165) is 134 Å². The van der Waals surface area contributed by atoms with Crippen LogP contribution < -0.4 is 28.4 Å². The molecule has 7 heteroatoms. The van der Waals surface area contributed by atoms with Crippen LogP contribution in [0.3, 0.4) is 0 Å². The monoisotopic (exact) mass is 1480 g/mol. The first kappa shape index (κ1) is 73.6. The summed E-state index contributed by atoms with van der Waals surface area (Å²) in [6.07, 6.45) is 6.75. The van der Waals surface area contributed by atoms with Crippen molar-refractivity contribution in [2.24, 2.45) is 0 Å². The van der Waals surface area contributed by atoms with Crippen LogP contribution in [-0.4, -0.2) is 5.78 Å². The van der Waals surface area contributed by atoms with Crippen molar-refractivity contribution in [3.63, 3.8) is 0 Å². The molecule has 0 amide bonds. The molecule has 7 nitrogen and oxygen atoms in total. The number of benzene rings is 16. The minimum atomic E-state index is -0.155. The summed E-state index contributed by atoms with van der Waals surface area (Å²) in [7, 11) is 0. The van der Waals surface area contributed by atoms with Gasteiger partial charge in [0.1, 0.15) is 74.1 Å². The second kappa shape index (κ2) is 36.3. The minimum Gasteiger partial charge on any atom is -0.489 e. The maximum Gasteiger partial charge on any atom is 0.178 e. The van der Waals surface area contributed by atoms with Gasteiger partial charge in [-0.05, 0) is 267 Å². The quantitative estimate of drug-likeness (QED) is 0.0415. The molecule has 0 aliphatic heterocycles. The Kier molecular flexibility index (Phi) is 23.5. The minimum absolute atomic E-state index is 0.155. The van der Waals surface area contributed by atoms with E-state index in [2.05, 4.69) is 267 Å². The number of carbonyl (C=O) groups is 1. The highest BCUT2D eigenvalue weighted by Crippen LogP contribution is 2.37. The fourth-order valence-corrected chi connectivity index (χ4v) is 14.0. The van der Waals surface area contributed by atoms with Crippen LogP contribution >= 0.6 is 0 Å². The van der Waals surface area contributed by atoms with E-state index < -0.39 is 0 Å². The SMILES string of the molecule is O=C(/C=C/c1ccc(OCc2cc(OCc3cc(-c4ccccc4)cc(-c4ccccc4)c3)cc(OCc3cc(-c4ccccc4)cc(-c4ccccc4)c3)c2)cc1)/C=C/c1ccc(OCc2cc(OCc3cc(-c4ccccc4)cc(-c4ccccc4)c3)cc(OCc3cc(-c4ccccc4)cc(-c4ccccc4)c3)c2)cc1. The van der Waals surface area contributed by atoms with E-state index in [1.165, 1.54) is 0 Å². The number of carbonyl (C=O) groups excluding carboxylic acids is 1. The van der Waals surface area contributed by atoms with Gasteiger partial charge in [-0.3, -0.25) is 4.79 Å². The van der Waals surface area contributed by atoms with Crippen LogP contribution in [0.15, 0.2) is 413 Å². The lowest BCUT2D eigenvalue weighted by Crippen LogP contribution is -2.02. The van der Waals surface area contributed by atoms with Crippen LogP contribution in [0.25, 0.3) is 101 Å². The van der Waals surface area contributed by atoms with Crippen molar-refractivity contribution < 1.29 is 33.2 Å². The zero-order valence-electron chi connectivity index (χ0n) is 63.0. The van der Waals surface area contributed by atoms with Gasteiger partial charge in [-0.2, -0.15) is 0 Å². The molecule has 0 spiro atoms. The molecule has 0 fully saturated rings. The van der Waals surface area contributed by atoms with Gasteiger partial charge < -0.3 is 28.4 Å². The highest BCUT2D eigenvalue weighted by molar-refractivity contribution is 6.04. The first-order chi connectivity index (χ1) is 56.3. The van der Waals surface area contributed by atoms with E-state index in [1.54, 1.807) is 24.3 Å². The number of rotatable bonds is 30. The summed E-state index contributed by atoms with van der Waals surface area (Å²) in [4.78, 5) is 13.4. The molecule has 0 aliphatic carbocycles. The van der Waals surface area contributed by atoms with Crippen molar-refractivity contribution >= 4 is 17.9 Å². The fraction of sp³-hybridized carbons (Fsp3) is 0.0561. The first-order valence-electron chi connectivity index (χ1n) is 38.4. The number of ketones is 1. The van der Waals surface area contributed by atoms with E-state index >= 15 is 0 Å². The summed E-state index contributed by atoms with van der Waals surface area (Å²) in [5, 5.41) is 0. The van der Waals surface area contributed by atoms with E-state index in [4.69, 9.17) is 28.4 Å². The maximum absolute atomic E-state index is 13.4. The number of ether oxygens (including phenoxy) is 6. The molecule has 16 aromatic rings. The number of hydrogen-bond acceptors (Lipinski definition) is 7. The third kappa shape index (κ3) is 19.9. The number of hydrogen-bond donors (Lipinski definition) is 0. The van der Waals surface area contributed by atoms with Crippen LogP contribution in [0.2, 0.25) is 0 Å². The second-order valence-corrected chi connectivity index (χ2v) is 28.2. The number of allylic oxidation sites excluding steroid dienone is 2. The summed E-state index contributed by atoms with van der Waals surface area (Å²) in [6, 6.07) is 138. The molecule has 114 heavy (non-hydrogen) atoms. The van der Waals surface area contributed by atoms with Crippen LogP contribution in [-0.2, 0) is 44.4 Å². The average Bonchev–Trinajstić information content (AvgIpc) is 0.827. The molecule has 0 N–H and O–H groups in total. The van der Waals surface area contributed by atoms with E-state index in [1.807, 2.05) is 133 Å². The lowest BCUT2D eigenvalue weighted by atomic mass is 9.96. The van der Waals surface area contributed by atoms with Crippen molar-refractivity contribution in [1.82, 2.24) is 0 Å². The summed E-state index contributed by atoms with van der Waals surface area (Å²) in [5.41, 5.74) is 25.5. The Morgan fingerprint density at radius 1 is 0.175 bits per heavy atom. The lowest BCUT2D eigenvalue weighted by molar-refractivity contribution is -0.110. The third-order valence-electron chi connectivity index (χ3n) is 19.8. The molecule has 0 atom stereocenters. The van der Waals surface area contributed by atoms with Crippen LogP contribution in [0.5, 0.6) is 34.5 Å². The predicted molar refractivity (Wildman–Crippen MR) is 464 cm³/mol. The topological polar surface area (TPSA) is 72.5 Å². The van der Waals surface area contributed by atoms with Gasteiger partial charge in [0.2, 0.25) is 0 Å². The van der Waals surface area contributed by atoms with Gasteiger partial charge in [-0.25, -0.2) is 0 Å². The van der Waals surface area contributed by atoms with Crippen LogP contribution in [0.1, 0.15) is 44.5 Å². The Morgan fingerprint density at radius 3 is 0.544 bits per heavy atom. The Balaban J connectivity index is 0.583. The molecule has 0 saturated heterocycles. The molecule has 0 radical (unpaired) electrons. The zero-order chi connectivity index (χ0) is 76.9. The third-order valence-corrected chi connectivity index (χ3v) is 19.8. The molecule has 0 aromatic heterocycles. The molecule has 0 unspecified atom stereocenters. The summed E-state index contributed by atoms with van der Waals surface area (Å²) < 4.78 is 39.9. The summed E-state index contributed by atoms with van der Waals surface area (Å²) in [5.74, 6) is 3.79. The molecule has 0 bridgehead atoms. The first-order valence-corrected chi connectivity index (χ1v) is 38.4. The Bertz CT molecular complexity index is 5040. The van der Waals surface area contributed by atoms with Crippen molar-refractivity contribution in [2.75, 3.05) is 0 Å². The Hall–Kier alpha value is -14.5. The van der Waals surface area contributed by atoms with Crippen LogP contribution in [0.4, 0.5) is 0 Å². The normalized spacial score (nSPS) is 11.2. The van der Waals surface area contributed by atoms with Crippen molar-refractivity contribution in [3.05, 3.63) is 457 Å². The zero-order valence-corrected chi connectivity index (χ0v) is 63.0. The van der Waals surface area contributed by atoms with Gasteiger partial charge in [0.15, 0.2) is 5.78 Å². The van der Waals surface area contributed by atoms with Gasteiger partial charge in [0.05, 0.1) is 0 Å². The van der Waals surface area contributed by atoms with E-state index in [0.29, 0.717) is 60.9 Å². The smallest absolute Gasteiger partial charge is 0.178 e. The van der Waals surface area contributed by atoms with Gasteiger partial charge >= 0.3 is 0 Å². The standard InChI is InChI=1S/C107H82O7/c108-101(47-41-77-43-49-102(50-44-77)109-75-83-61-104(111-71-79-53-93(85-25-9-1-10-26-85)65-94(54-79)86-27-11-2-12-28-86)69-105(62-83)112-72-80-55-95(87-29-13-3-14-30-87)66-96(56-80)88-31-15-4-16-32-88)48-42-78-45-51-103(52-46-78)110-76-84-63-106(113-73-81-57-97(89-33-17-5-18-34-89)67-98(58-81)90-35-19-6-20-36-90)70-107(64-84)114-74-82-59-99(91-37-21-7-22-38-91)68-100(60-82)92-39-23-8-24-40-92/h1-70H,71-76H2/b47-41+,48-42+. The van der Waals surface area contributed by atoms with E-state index in [-0.39, 0.29) is 19.0 Å². The average molecular weight is 1480 g/mol. The highest BCUT2D eigenvalue weighted by Gasteiger charge is 2.16. The van der Waals surface area contributed by atoms with Crippen molar-refractivity contribution in [1.29, 1.82) is 0 Å². The Morgan fingerprint density at radius 2 is 0.351 bits per heavy atom. The molecule has 0 saturated carbocycles. The highest BCUT2D eigenvalue weighted by atomic mass is 16.5. The Labute approximate surface area is 667 Å². The van der Waals surface area contributed by atoms with Crippen molar-refractivity contribution in [2.45, 2.75) is 39.6 Å². The second-order valence-electron chi connectivity index (χ2n) is 28.2. The molecule has 552 valence electrons. The lowest BCUT2D eigenvalue weighted by Gasteiger charge is -2.16.